The SMILES string of the molecule is CCCCCC(NCC1CCC1)c1ccccc1. The Balaban J connectivity index is 1.84. The van der Waals surface area contributed by atoms with E-state index in [9.17, 15) is 0 Å². The van der Waals surface area contributed by atoms with Crippen molar-refractivity contribution in [2.75, 3.05) is 6.54 Å². The summed E-state index contributed by atoms with van der Waals surface area (Å²) in [6, 6.07) is 11.5. The molecule has 0 aliphatic heterocycles. The topological polar surface area (TPSA) is 12.0 Å². The van der Waals surface area contributed by atoms with Gasteiger partial charge < -0.3 is 5.32 Å². The minimum atomic E-state index is 0.568. The van der Waals surface area contributed by atoms with Gasteiger partial charge in [0.25, 0.3) is 0 Å². The van der Waals surface area contributed by atoms with Gasteiger partial charge in [0, 0.05) is 6.04 Å². The van der Waals surface area contributed by atoms with Crippen molar-refractivity contribution in [3.8, 4) is 0 Å². The molecule has 1 aromatic carbocycles. The fraction of sp³-hybridized carbons (Fsp3) is 0.647. The summed E-state index contributed by atoms with van der Waals surface area (Å²) in [7, 11) is 0. The van der Waals surface area contributed by atoms with E-state index in [0.29, 0.717) is 6.04 Å². The lowest BCUT2D eigenvalue weighted by molar-refractivity contribution is 0.285. The van der Waals surface area contributed by atoms with Crippen LogP contribution < -0.4 is 5.32 Å². The molecule has 1 nitrogen and oxygen atoms in total. The zero-order chi connectivity index (χ0) is 12.6. The first kappa shape index (κ1) is 13.6. The average molecular weight is 245 g/mol. The second kappa shape index (κ2) is 7.58. The first-order chi connectivity index (χ1) is 8.90. The van der Waals surface area contributed by atoms with Crippen LogP contribution >= 0.6 is 0 Å². The predicted octanol–water partition coefficient (Wildman–Crippen LogP) is 4.70. The smallest absolute Gasteiger partial charge is 0.0320 e. The molecule has 1 aliphatic carbocycles. The third kappa shape index (κ3) is 4.13. The molecule has 1 saturated carbocycles. The third-order valence-electron chi connectivity index (χ3n) is 4.18. The molecule has 100 valence electrons. The Hall–Kier alpha value is -0.820. The fourth-order valence-electron chi connectivity index (χ4n) is 2.68. The van der Waals surface area contributed by atoms with Gasteiger partial charge in [-0.05, 0) is 37.3 Å². The van der Waals surface area contributed by atoms with E-state index in [4.69, 9.17) is 0 Å². The summed E-state index contributed by atoms with van der Waals surface area (Å²) in [6.45, 7) is 3.49. The Morgan fingerprint density at radius 1 is 1.17 bits per heavy atom. The van der Waals surface area contributed by atoms with Gasteiger partial charge >= 0.3 is 0 Å². The zero-order valence-electron chi connectivity index (χ0n) is 11.7. The van der Waals surface area contributed by atoms with Gasteiger partial charge in [0.15, 0.2) is 0 Å². The molecule has 2 rings (SSSR count). The predicted molar refractivity (Wildman–Crippen MR) is 78.7 cm³/mol. The lowest BCUT2D eigenvalue weighted by Crippen LogP contribution is -2.30. The second-order valence-corrected chi connectivity index (χ2v) is 5.66. The fourth-order valence-corrected chi connectivity index (χ4v) is 2.68. The monoisotopic (exact) mass is 245 g/mol. The summed E-state index contributed by atoms with van der Waals surface area (Å²) < 4.78 is 0. The molecule has 18 heavy (non-hydrogen) atoms. The van der Waals surface area contributed by atoms with Crippen LogP contribution in [-0.2, 0) is 0 Å². The molecule has 0 amide bonds. The van der Waals surface area contributed by atoms with Gasteiger partial charge in [0.05, 0.1) is 0 Å². The van der Waals surface area contributed by atoms with Gasteiger partial charge in [-0.25, -0.2) is 0 Å². The maximum atomic E-state index is 3.80. The Kier molecular flexibility index (Phi) is 5.73. The van der Waals surface area contributed by atoms with Crippen LogP contribution in [0.4, 0.5) is 0 Å². The first-order valence-corrected chi connectivity index (χ1v) is 7.68. The van der Waals surface area contributed by atoms with Gasteiger partial charge in [-0.1, -0.05) is 62.9 Å². The highest BCUT2D eigenvalue weighted by atomic mass is 14.9. The Morgan fingerprint density at radius 3 is 2.56 bits per heavy atom. The van der Waals surface area contributed by atoms with E-state index in [1.165, 1.54) is 57.1 Å². The van der Waals surface area contributed by atoms with Crippen LogP contribution in [0.1, 0.15) is 63.5 Å². The maximum Gasteiger partial charge on any atom is 0.0320 e. The maximum absolute atomic E-state index is 3.80. The molecule has 0 spiro atoms. The number of nitrogens with one attached hydrogen (secondary N) is 1. The van der Waals surface area contributed by atoms with Gasteiger partial charge in [-0.2, -0.15) is 0 Å². The molecule has 0 radical (unpaired) electrons. The van der Waals surface area contributed by atoms with E-state index in [1.807, 2.05) is 0 Å². The summed E-state index contributed by atoms with van der Waals surface area (Å²) in [5, 5.41) is 3.80. The second-order valence-electron chi connectivity index (χ2n) is 5.66. The molecular weight excluding hydrogens is 218 g/mol. The summed E-state index contributed by atoms with van der Waals surface area (Å²) in [5.74, 6) is 0.947. The van der Waals surface area contributed by atoms with E-state index >= 15 is 0 Å². The van der Waals surface area contributed by atoms with E-state index in [-0.39, 0.29) is 0 Å². The van der Waals surface area contributed by atoms with Crippen molar-refractivity contribution >= 4 is 0 Å². The van der Waals surface area contributed by atoms with Crippen LogP contribution in [0.15, 0.2) is 30.3 Å². The molecule has 0 aromatic heterocycles. The van der Waals surface area contributed by atoms with Crippen LogP contribution in [-0.4, -0.2) is 6.54 Å². The molecule has 0 bridgehead atoms. The largest absolute Gasteiger partial charge is 0.310 e. The van der Waals surface area contributed by atoms with Crippen LogP contribution in [0.5, 0.6) is 0 Å². The number of hydrogen-bond acceptors (Lipinski definition) is 1. The van der Waals surface area contributed by atoms with Gasteiger partial charge in [0.2, 0.25) is 0 Å². The van der Waals surface area contributed by atoms with Crippen LogP contribution in [0.3, 0.4) is 0 Å². The third-order valence-corrected chi connectivity index (χ3v) is 4.18. The first-order valence-electron chi connectivity index (χ1n) is 7.68. The highest BCUT2D eigenvalue weighted by Crippen LogP contribution is 2.27. The van der Waals surface area contributed by atoms with Crippen molar-refractivity contribution in [3.05, 3.63) is 35.9 Å². The van der Waals surface area contributed by atoms with Crippen molar-refractivity contribution in [3.63, 3.8) is 0 Å². The van der Waals surface area contributed by atoms with Gasteiger partial charge in [-0.3, -0.25) is 0 Å². The van der Waals surface area contributed by atoms with Crippen LogP contribution in [0.2, 0.25) is 0 Å². The average Bonchev–Trinajstić information content (AvgIpc) is 2.36. The van der Waals surface area contributed by atoms with E-state index < -0.39 is 0 Å². The summed E-state index contributed by atoms with van der Waals surface area (Å²) >= 11 is 0. The van der Waals surface area contributed by atoms with Gasteiger partial charge in [0.1, 0.15) is 0 Å². The number of hydrogen-bond donors (Lipinski definition) is 1. The van der Waals surface area contributed by atoms with Crippen molar-refractivity contribution < 1.29 is 0 Å². The molecule has 1 aliphatic rings. The molecule has 1 aromatic rings. The normalized spacial score (nSPS) is 17.4. The molecule has 1 atom stereocenters. The van der Waals surface area contributed by atoms with Crippen molar-refractivity contribution in [1.29, 1.82) is 0 Å². The summed E-state index contributed by atoms with van der Waals surface area (Å²) in [5.41, 5.74) is 1.47. The minimum absolute atomic E-state index is 0.568. The number of rotatable bonds is 8. The van der Waals surface area contributed by atoms with Crippen LogP contribution in [0.25, 0.3) is 0 Å². The van der Waals surface area contributed by atoms with Gasteiger partial charge in [-0.15, -0.1) is 0 Å². The van der Waals surface area contributed by atoms with Crippen molar-refractivity contribution in [2.24, 2.45) is 5.92 Å². The number of unbranched alkanes of at least 4 members (excludes halogenated alkanes) is 2. The summed E-state index contributed by atoms with van der Waals surface area (Å²) in [4.78, 5) is 0. The lowest BCUT2D eigenvalue weighted by Gasteiger charge is -2.28. The molecule has 1 unspecified atom stereocenters. The molecule has 0 heterocycles. The minimum Gasteiger partial charge on any atom is -0.310 e. The summed E-state index contributed by atoms with van der Waals surface area (Å²) in [6.07, 6.45) is 9.60. The Bertz CT molecular complexity index is 316. The van der Waals surface area contributed by atoms with Crippen molar-refractivity contribution in [1.82, 2.24) is 5.32 Å². The zero-order valence-corrected chi connectivity index (χ0v) is 11.7. The lowest BCUT2D eigenvalue weighted by atomic mass is 9.85. The quantitative estimate of drug-likeness (QED) is 0.655. The Morgan fingerprint density at radius 2 is 1.94 bits per heavy atom. The highest BCUT2D eigenvalue weighted by molar-refractivity contribution is 5.18. The highest BCUT2D eigenvalue weighted by Gasteiger charge is 2.19. The van der Waals surface area contributed by atoms with E-state index in [2.05, 4.69) is 42.6 Å². The standard InChI is InChI=1S/C17H27N/c1-2-3-5-13-17(16-11-6-4-7-12-16)18-14-15-9-8-10-15/h4,6-7,11-12,15,17-18H,2-3,5,8-10,13-14H2,1H3. The van der Waals surface area contributed by atoms with E-state index in [1.54, 1.807) is 0 Å². The van der Waals surface area contributed by atoms with E-state index in [0.717, 1.165) is 5.92 Å². The molecule has 1 heteroatoms. The Labute approximate surface area is 112 Å². The molecular formula is C17H27N. The van der Waals surface area contributed by atoms with Crippen LogP contribution in [0, 0.1) is 5.92 Å². The molecule has 0 saturated heterocycles. The molecule has 1 fully saturated rings. The molecule has 1 N–H and O–H groups in total. The number of benzene rings is 1. The van der Waals surface area contributed by atoms with Crippen molar-refractivity contribution in [2.45, 2.75) is 57.9 Å².